The summed E-state index contributed by atoms with van der Waals surface area (Å²) in [6, 6.07) is 17.7. The second kappa shape index (κ2) is 10.9. The molecule has 0 aliphatic heterocycles. The lowest BCUT2D eigenvalue weighted by Gasteiger charge is -2.25. The Hall–Kier alpha value is -4.36. The fraction of sp³-hybridized carbons (Fsp3) is 0.250. The van der Waals surface area contributed by atoms with Gasteiger partial charge in [0.2, 0.25) is 10.0 Å². The molecule has 0 atom stereocenters. The minimum absolute atomic E-state index is 0.343. The Morgan fingerprint density at radius 2 is 1.63 bits per heavy atom. The van der Waals surface area contributed by atoms with E-state index in [1.54, 1.807) is 31.4 Å². The maximum atomic E-state index is 12.6. The van der Waals surface area contributed by atoms with Crippen molar-refractivity contribution in [2.45, 2.75) is 33.1 Å². The van der Waals surface area contributed by atoms with Crippen molar-refractivity contribution in [2.75, 3.05) is 18.1 Å². The van der Waals surface area contributed by atoms with Gasteiger partial charge in [0.25, 0.3) is 5.56 Å². The molecule has 1 heterocycles. The van der Waals surface area contributed by atoms with E-state index >= 15 is 0 Å². The standard InChI is InChI=1S/C26H27N3O5S.C2H3N/c1-26(2,3)22-15-20(29-23(30)10-11-27-25(29)31)14-21(24(22)34-4)18-7-6-17-13-19(28-35(5,32)33)9-8-16(17)12-18;1-2-3/h6-15,28H,1-5H3,(H,27,31);1H3. The third kappa shape index (κ3) is 6.30. The summed E-state index contributed by atoms with van der Waals surface area (Å²) in [5.41, 5.74) is 2.00. The molecule has 0 bridgehead atoms. The molecule has 0 fully saturated rings. The Morgan fingerprint density at radius 1 is 1.00 bits per heavy atom. The number of nitriles is 1. The monoisotopic (exact) mass is 534 g/mol. The fourth-order valence-corrected chi connectivity index (χ4v) is 4.65. The lowest BCUT2D eigenvalue weighted by atomic mass is 9.83. The van der Waals surface area contributed by atoms with Crippen LogP contribution in [0.15, 0.2) is 70.4 Å². The van der Waals surface area contributed by atoms with E-state index in [0.717, 1.165) is 38.3 Å². The Bertz CT molecular complexity index is 1730. The molecule has 10 heteroatoms. The summed E-state index contributed by atoms with van der Waals surface area (Å²) in [6.45, 7) is 7.54. The topological polar surface area (TPSA) is 134 Å². The quantitative estimate of drug-likeness (QED) is 0.386. The van der Waals surface area contributed by atoms with Crippen molar-refractivity contribution in [3.05, 3.63) is 87.2 Å². The smallest absolute Gasteiger partial charge is 0.332 e. The molecule has 9 nitrogen and oxygen atoms in total. The van der Waals surface area contributed by atoms with Crippen LogP contribution in [0.25, 0.3) is 27.6 Å². The molecule has 4 aromatic rings. The molecular formula is C28H30N4O5S. The van der Waals surface area contributed by atoms with Crippen molar-refractivity contribution >= 4 is 26.5 Å². The molecule has 4 rings (SSSR count). The predicted octanol–water partition coefficient (Wildman–Crippen LogP) is 4.55. The van der Waals surface area contributed by atoms with Gasteiger partial charge in [0.1, 0.15) is 5.75 Å². The van der Waals surface area contributed by atoms with Gasteiger partial charge in [0, 0.05) is 36.0 Å². The molecule has 1 aromatic heterocycles. The summed E-state index contributed by atoms with van der Waals surface area (Å²) < 4.78 is 32.6. The van der Waals surface area contributed by atoms with Gasteiger partial charge in [-0.25, -0.2) is 17.8 Å². The van der Waals surface area contributed by atoms with Gasteiger partial charge in [0.15, 0.2) is 0 Å². The van der Waals surface area contributed by atoms with E-state index in [-0.39, 0.29) is 5.41 Å². The molecule has 2 N–H and O–H groups in total. The number of aromatic amines is 1. The first-order valence-corrected chi connectivity index (χ1v) is 13.5. The third-order valence-electron chi connectivity index (χ3n) is 5.65. The van der Waals surface area contributed by atoms with E-state index in [0.29, 0.717) is 17.1 Å². The highest BCUT2D eigenvalue weighted by atomic mass is 32.2. The Balaban J connectivity index is 0.00000127. The van der Waals surface area contributed by atoms with Gasteiger partial charge in [-0.2, -0.15) is 5.26 Å². The molecule has 0 aliphatic carbocycles. The van der Waals surface area contributed by atoms with E-state index in [9.17, 15) is 18.0 Å². The number of nitrogens with zero attached hydrogens (tertiary/aromatic N) is 2. The van der Waals surface area contributed by atoms with Crippen molar-refractivity contribution in [1.82, 2.24) is 9.55 Å². The number of sulfonamides is 1. The van der Waals surface area contributed by atoms with Crippen LogP contribution in [0.2, 0.25) is 0 Å². The molecule has 0 spiro atoms. The van der Waals surface area contributed by atoms with Gasteiger partial charge >= 0.3 is 5.69 Å². The Labute approximate surface area is 221 Å². The molecular weight excluding hydrogens is 504 g/mol. The minimum Gasteiger partial charge on any atom is -0.496 e. The number of ether oxygens (including phenoxy) is 1. The van der Waals surface area contributed by atoms with Crippen LogP contribution >= 0.6 is 0 Å². The molecule has 0 amide bonds. The SMILES string of the molecule is CC#N.COc1c(-c2ccc3cc(NS(C)(=O)=O)ccc3c2)cc(-n2c(=O)cc[nH]c2=O)cc1C(C)(C)C. The maximum absolute atomic E-state index is 12.6. The number of benzene rings is 3. The fourth-order valence-electron chi connectivity index (χ4n) is 4.09. The van der Waals surface area contributed by atoms with E-state index in [1.165, 1.54) is 19.2 Å². The molecule has 0 saturated carbocycles. The average molecular weight is 535 g/mol. The van der Waals surface area contributed by atoms with Crippen molar-refractivity contribution < 1.29 is 13.2 Å². The predicted molar refractivity (Wildman–Crippen MR) is 151 cm³/mol. The number of hydrogen-bond donors (Lipinski definition) is 2. The largest absolute Gasteiger partial charge is 0.496 e. The van der Waals surface area contributed by atoms with Crippen LogP contribution < -0.4 is 20.7 Å². The van der Waals surface area contributed by atoms with Crippen LogP contribution in [0, 0.1) is 11.3 Å². The Kier molecular flexibility index (Phi) is 8.13. The number of H-pyrrole nitrogens is 1. The van der Waals surface area contributed by atoms with Crippen LogP contribution in [-0.2, 0) is 15.4 Å². The van der Waals surface area contributed by atoms with Gasteiger partial charge in [-0.05, 0) is 52.1 Å². The minimum atomic E-state index is -3.39. The van der Waals surface area contributed by atoms with Crippen LogP contribution in [0.1, 0.15) is 33.3 Å². The first-order valence-electron chi connectivity index (χ1n) is 11.7. The second-order valence-corrected chi connectivity index (χ2v) is 11.4. The number of fused-ring (bicyclic) bond motifs is 1. The Morgan fingerprint density at radius 3 is 2.21 bits per heavy atom. The van der Waals surface area contributed by atoms with E-state index in [2.05, 4.69) is 9.71 Å². The summed E-state index contributed by atoms with van der Waals surface area (Å²) >= 11 is 0. The van der Waals surface area contributed by atoms with Crippen molar-refractivity contribution in [1.29, 1.82) is 5.26 Å². The van der Waals surface area contributed by atoms with Crippen LogP contribution in [0.5, 0.6) is 5.75 Å². The zero-order valence-corrected chi connectivity index (χ0v) is 22.9. The van der Waals surface area contributed by atoms with E-state index in [4.69, 9.17) is 10.00 Å². The number of anilines is 1. The van der Waals surface area contributed by atoms with Crippen LogP contribution in [0.3, 0.4) is 0 Å². The van der Waals surface area contributed by atoms with Crippen molar-refractivity contribution in [3.63, 3.8) is 0 Å². The summed E-state index contributed by atoms with van der Waals surface area (Å²) in [7, 11) is -1.79. The van der Waals surface area contributed by atoms with Crippen molar-refractivity contribution in [3.8, 4) is 28.6 Å². The van der Waals surface area contributed by atoms with Crippen molar-refractivity contribution in [2.24, 2.45) is 0 Å². The first-order chi connectivity index (χ1) is 17.8. The zero-order chi connectivity index (χ0) is 28.3. The van der Waals surface area contributed by atoms with Gasteiger partial charge in [-0.1, -0.05) is 39.0 Å². The number of aromatic nitrogens is 2. The number of methoxy groups -OCH3 is 1. The van der Waals surface area contributed by atoms with Gasteiger partial charge in [-0.15, -0.1) is 0 Å². The lowest BCUT2D eigenvalue weighted by Crippen LogP contribution is -2.32. The summed E-state index contributed by atoms with van der Waals surface area (Å²) in [5.74, 6) is 0.649. The molecule has 3 aromatic carbocycles. The van der Waals surface area contributed by atoms with E-state index < -0.39 is 21.3 Å². The molecule has 0 radical (unpaired) electrons. The van der Waals surface area contributed by atoms with Crippen LogP contribution in [0.4, 0.5) is 5.69 Å². The van der Waals surface area contributed by atoms with Gasteiger partial charge < -0.3 is 9.72 Å². The number of nitrogens with one attached hydrogen (secondary N) is 2. The molecule has 38 heavy (non-hydrogen) atoms. The lowest BCUT2D eigenvalue weighted by molar-refractivity contribution is 0.399. The number of hydrogen-bond acceptors (Lipinski definition) is 6. The summed E-state index contributed by atoms with van der Waals surface area (Å²) in [4.78, 5) is 27.7. The highest BCUT2D eigenvalue weighted by molar-refractivity contribution is 7.92. The molecule has 0 saturated heterocycles. The molecule has 0 unspecified atom stereocenters. The number of rotatable bonds is 5. The second-order valence-electron chi connectivity index (χ2n) is 9.66. The average Bonchev–Trinajstić information content (AvgIpc) is 2.82. The first kappa shape index (κ1) is 28.2. The highest BCUT2D eigenvalue weighted by Gasteiger charge is 2.24. The summed E-state index contributed by atoms with van der Waals surface area (Å²) in [6.07, 6.45) is 2.43. The van der Waals surface area contributed by atoms with Gasteiger partial charge in [-0.3, -0.25) is 9.52 Å². The highest BCUT2D eigenvalue weighted by Crippen LogP contribution is 2.41. The van der Waals surface area contributed by atoms with Gasteiger partial charge in [0.05, 0.1) is 25.1 Å². The third-order valence-corrected chi connectivity index (χ3v) is 6.26. The normalized spacial score (nSPS) is 11.3. The maximum Gasteiger partial charge on any atom is 0.332 e. The zero-order valence-electron chi connectivity index (χ0n) is 22.1. The van der Waals surface area contributed by atoms with E-state index in [1.807, 2.05) is 51.1 Å². The molecule has 0 aliphatic rings. The van der Waals surface area contributed by atoms with Crippen LogP contribution in [-0.4, -0.2) is 31.3 Å². The molecule has 198 valence electrons. The summed E-state index contributed by atoms with van der Waals surface area (Å²) in [5, 5.41) is 9.06.